The van der Waals surface area contributed by atoms with E-state index in [2.05, 4.69) is 10.1 Å². The Morgan fingerprint density at radius 1 is 1.37 bits per heavy atom. The average molecular weight is 284 g/mol. The molecule has 9 heteroatoms. The van der Waals surface area contributed by atoms with Crippen molar-refractivity contribution in [1.29, 1.82) is 0 Å². The normalized spacial score (nSPS) is 10.5. The number of halogens is 2. The van der Waals surface area contributed by atoms with E-state index in [9.17, 15) is 18.4 Å². The van der Waals surface area contributed by atoms with E-state index >= 15 is 0 Å². The molecule has 0 aromatic heterocycles. The van der Waals surface area contributed by atoms with Gasteiger partial charge < -0.3 is 24.8 Å². The number of urea groups is 1. The van der Waals surface area contributed by atoms with Gasteiger partial charge in [0.1, 0.15) is 13.2 Å². The van der Waals surface area contributed by atoms with Gasteiger partial charge in [-0.3, -0.25) is 4.79 Å². The lowest BCUT2D eigenvalue weighted by Crippen LogP contribution is -2.45. The third kappa shape index (κ3) is 10.2. The number of methoxy groups -OCH3 is 1. The first-order chi connectivity index (χ1) is 8.97. The van der Waals surface area contributed by atoms with E-state index in [0.717, 1.165) is 4.90 Å². The second-order valence-corrected chi connectivity index (χ2v) is 3.51. The molecule has 0 bridgehead atoms. The van der Waals surface area contributed by atoms with Crippen molar-refractivity contribution < 1.29 is 33.0 Å². The van der Waals surface area contributed by atoms with Crippen LogP contribution in [-0.4, -0.2) is 75.0 Å². The molecule has 0 saturated carbocycles. The van der Waals surface area contributed by atoms with Gasteiger partial charge in [-0.05, 0) is 0 Å². The van der Waals surface area contributed by atoms with Crippen molar-refractivity contribution >= 4 is 12.0 Å². The Morgan fingerprint density at radius 2 is 2.05 bits per heavy atom. The Bertz CT molecular complexity index is 279. The number of aliphatic carboxylic acids is 1. The molecule has 0 rings (SSSR count). The van der Waals surface area contributed by atoms with Crippen LogP contribution in [0.15, 0.2) is 0 Å². The van der Waals surface area contributed by atoms with Crippen LogP contribution in [0.4, 0.5) is 13.6 Å². The molecule has 0 saturated heterocycles. The van der Waals surface area contributed by atoms with Gasteiger partial charge >= 0.3 is 12.0 Å². The third-order valence-corrected chi connectivity index (χ3v) is 1.95. The first-order valence-corrected chi connectivity index (χ1v) is 5.56. The Morgan fingerprint density at radius 3 is 2.58 bits per heavy atom. The minimum Gasteiger partial charge on any atom is -0.480 e. The van der Waals surface area contributed by atoms with Crippen molar-refractivity contribution in [2.75, 3.05) is 46.6 Å². The van der Waals surface area contributed by atoms with Crippen molar-refractivity contribution in [3.8, 4) is 0 Å². The summed E-state index contributed by atoms with van der Waals surface area (Å²) in [5.41, 5.74) is 0. The molecule has 0 atom stereocenters. The standard InChI is InChI=1S/C10H18F2N2O5/c1-18-5-3-14(6-9(15)16)10(17)13-2-4-19-7-8(11)12/h8H,2-7H2,1H3,(H,13,17)(H,15,16). The summed E-state index contributed by atoms with van der Waals surface area (Å²) in [5.74, 6) is -1.15. The molecule has 0 radical (unpaired) electrons. The Hall–Kier alpha value is -1.48. The van der Waals surface area contributed by atoms with E-state index in [0.29, 0.717) is 0 Å². The number of carbonyl (C=O) groups excluding carboxylic acids is 1. The summed E-state index contributed by atoms with van der Waals surface area (Å²) >= 11 is 0. The van der Waals surface area contributed by atoms with Crippen molar-refractivity contribution in [3.63, 3.8) is 0 Å². The smallest absolute Gasteiger partial charge is 0.323 e. The zero-order valence-electron chi connectivity index (χ0n) is 10.6. The largest absolute Gasteiger partial charge is 0.480 e. The van der Waals surface area contributed by atoms with Gasteiger partial charge in [0.25, 0.3) is 6.43 Å². The zero-order chi connectivity index (χ0) is 14.7. The lowest BCUT2D eigenvalue weighted by atomic mass is 10.5. The van der Waals surface area contributed by atoms with Gasteiger partial charge in [0.15, 0.2) is 0 Å². The van der Waals surface area contributed by atoms with Gasteiger partial charge in [-0.2, -0.15) is 0 Å². The first-order valence-electron chi connectivity index (χ1n) is 5.56. The molecular weight excluding hydrogens is 266 g/mol. The summed E-state index contributed by atoms with van der Waals surface area (Å²) in [6.07, 6.45) is -2.55. The molecule has 0 unspecified atom stereocenters. The van der Waals surface area contributed by atoms with Gasteiger partial charge in [-0.15, -0.1) is 0 Å². The number of nitrogens with one attached hydrogen (secondary N) is 1. The van der Waals surface area contributed by atoms with Crippen LogP contribution in [-0.2, 0) is 14.3 Å². The molecule has 7 nitrogen and oxygen atoms in total. The molecule has 0 aliphatic heterocycles. The van der Waals surface area contributed by atoms with Crippen LogP contribution in [0, 0.1) is 0 Å². The fraction of sp³-hybridized carbons (Fsp3) is 0.800. The van der Waals surface area contributed by atoms with E-state index in [4.69, 9.17) is 9.84 Å². The highest BCUT2D eigenvalue weighted by Crippen LogP contribution is 1.93. The van der Waals surface area contributed by atoms with E-state index in [1.807, 2.05) is 0 Å². The van der Waals surface area contributed by atoms with Gasteiger partial charge in [0, 0.05) is 20.2 Å². The number of hydrogen-bond acceptors (Lipinski definition) is 4. The van der Waals surface area contributed by atoms with E-state index < -0.39 is 31.6 Å². The highest BCUT2D eigenvalue weighted by atomic mass is 19.3. The highest BCUT2D eigenvalue weighted by molar-refractivity contribution is 5.80. The molecule has 2 amide bonds. The summed E-state index contributed by atoms with van der Waals surface area (Å²) < 4.78 is 32.8. The lowest BCUT2D eigenvalue weighted by Gasteiger charge is -2.20. The Kier molecular flexibility index (Phi) is 9.63. The highest BCUT2D eigenvalue weighted by Gasteiger charge is 2.15. The number of alkyl halides is 2. The second-order valence-electron chi connectivity index (χ2n) is 3.51. The molecule has 0 heterocycles. The number of carboxylic acids is 1. The maximum absolute atomic E-state index is 11.7. The van der Waals surface area contributed by atoms with Gasteiger partial charge in [-0.1, -0.05) is 0 Å². The first kappa shape index (κ1) is 17.5. The number of amides is 2. The van der Waals surface area contributed by atoms with Crippen LogP contribution in [0.1, 0.15) is 0 Å². The molecule has 0 aliphatic carbocycles. The summed E-state index contributed by atoms with van der Waals surface area (Å²) in [6, 6.07) is -0.611. The van der Waals surface area contributed by atoms with E-state index in [1.165, 1.54) is 7.11 Å². The number of carbonyl (C=O) groups is 2. The minimum absolute atomic E-state index is 0.0225. The van der Waals surface area contributed by atoms with Crippen molar-refractivity contribution in [1.82, 2.24) is 10.2 Å². The topological polar surface area (TPSA) is 88.1 Å². The number of rotatable bonds is 10. The van der Waals surface area contributed by atoms with Crippen molar-refractivity contribution in [2.45, 2.75) is 6.43 Å². The zero-order valence-corrected chi connectivity index (χ0v) is 10.6. The SMILES string of the molecule is COCCN(CC(=O)O)C(=O)NCCOCC(F)F. The summed E-state index contributed by atoms with van der Waals surface area (Å²) in [5, 5.41) is 11.0. The quantitative estimate of drug-likeness (QED) is 0.552. The van der Waals surface area contributed by atoms with Gasteiger partial charge in [-0.25, -0.2) is 13.6 Å². The van der Waals surface area contributed by atoms with Crippen molar-refractivity contribution in [2.24, 2.45) is 0 Å². The molecule has 19 heavy (non-hydrogen) atoms. The van der Waals surface area contributed by atoms with Crippen LogP contribution < -0.4 is 5.32 Å². The third-order valence-electron chi connectivity index (χ3n) is 1.95. The van der Waals surface area contributed by atoms with Crippen molar-refractivity contribution in [3.05, 3.63) is 0 Å². The molecular formula is C10H18F2N2O5. The van der Waals surface area contributed by atoms with E-state index in [1.54, 1.807) is 0 Å². The number of hydrogen-bond donors (Lipinski definition) is 2. The van der Waals surface area contributed by atoms with Gasteiger partial charge in [0.05, 0.1) is 13.2 Å². The summed E-state index contributed by atoms with van der Waals surface area (Å²) in [6.45, 7) is -0.892. The molecule has 0 spiro atoms. The number of carboxylic acid groups (broad SMARTS) is 1. The van der Waals surface area contributed by atoms with E-state index in [-0.39, 0.29) is 26.3 Å². The molecule has 112 valence electrons. The summed E-state index contributed by atoms with van der Waals surface area (Å²) in [7, 11) is 1.43. The fourth-order valence-electron chi connectivity index (χ4n) is 1.13. The fourth-order valence-corrected chi connectivity index (χ4v) is 1.13. The average Bonchev–Trinajstić information content (AvgIpc) is 2.32. The predicted molar refractivity (Wildman–Crippen MR) is 61.3 cm³/mol. The molecule has 0 aliphatic rings. The molecule has 2 N–H and O–H groups in total. The summed E-state index contributed by atoms with van der Waals surface area (Å²) in [4.78, 5) is 23.2. The predicted octanol–water partition coefficient (Wildman–Crippen LogP) is 0.0107. The molecule has 0 fully saturated rings. The number of ether oxygens (including phenoxy) is 2. The lowest BCUT2D eigenvalue weighted by molar-refractivity contribution is -0.137. The van der Waals surface area contributed by atoms with Crippen LogP contribution >= 0.6 is 0 Å². The van der Waals surface area contributed by atoms with Crippen LogP contribution in [0.25, 0.3) is 0 Å². The molecule has 0 aromatic carbocycles. The Labute approximate surface area is 109 Å². The van der Waals surface area contributed by atoms with Crippen LogP contribution in [0.2, 0.25) is 0 Å². The van der Waals surface area contributed by atoms with Crippen LogP contribution in [0.3, 0.4) is 0 Å². The van der Waals surface area contributed by atoms with Crippen LogP contribution in [0.5, 0.6) is 0 Å². The monoisotopic (exact) mass is 284 g/mol. The maximum atomic E-state index is 11.7. The van der Waals surface area contributed by atoms with Gasteiger partial charge in [0.2, 0.25) is 0 Å². The maximum Gasteiger partial charge on any atom is 0.323 e. The molecule has 0 aromatic rings. The number of nitrogens with zero attached hydrogens (tertiary/aromatic N) is 1. The minimum atomic E-state index is -2.55. The second kappa shape index (κ2) is 10.4. The Balaban J connectivity index is 3.92.